The molecule has 0 aliphatic carbocycles. The summed E-state index contributed by atoms with van der Waals surface area (Å²) in [5.41, 5.74) is 5.42. The molecule has 0 spiro atoms. The molecule has 3 nitrogen and oxygen atoms in total. The van der Waals surface area contributed by atoms with Gasteiger partial charge in [0.2, 0.25) is 0 Å². The molecule has 0 aromatic carbocycles. The molecular weight excluding hydrogens is 154 g/mol. The van der Waals surface area contributed by atoms with Crippen LogP contribution in [0.2, 0.25) is 0 Å². The van der Waals surface area contributed by atoms with Crippen molar-refractivity contribution >= 4 is 0 Å². The lowest BCUT2D eigenvalue weighted by Gasteiger charge is -2.09. The minimum atomic E-state index is 0.455. The highest BCUT2D eigenvalue weighted by atomic mass is 16.5. The Morgan fingerprint density at radius 1 is 1.17 bits per heavy atom. The van der Waals surface area contributed by atoms with Crippen molar-refractivity contribution < 1.29 is 9.47 Å². The molecule has 3 heteroatoms. The van der Waals surface area contributed by atoms with Gasteiger partial charge < -0.3 is 15.2 Å². The Morgan fingerprint density at radius 2 is 1.83 bits per heavy atom. The molecule has 0 saturated carbocycles. The normalized spacial score (nSPS) is 13.2. The van der Waals surface area contributed by atoms with Gasteiger partial charge in [0.1, 0.15) is 0 Å². The zero-order valence-electron chi connectivity index (χ0n) is 8.21. The molecule has 0 aromatic heterocycles. The van der Waals surface area contributed by atoms with Crippen LogP contribution >= 0.6 is 0 Å². The van der Waals surface area contributed by atoms with Crippen molar-refractivity contribution in [3.63, 3.8) is 0 Å². The molecule has 74 valence electrons. The van der Waals surface area contributed by atoms with Crippen LogP contribution in [0, 0.1) is 5.92 Å². The first-order valence-electron chi connectivity index (χ1n) is 4.66. The molecular formula is C9H21NO2. The van der Waals surface area contributed by atoms with Crippen molar-refractivity contribution in [1.29, 1.82) is 0 Å². The van der Waals surface area contributed by atoms with E-state index in [1.165, 1.54) is 0 Å². The Morgan fingerprint density at radius 3 is 2.42 bits per heavy atom. The summed E-state index contributed by atoms with van der Waals surface area (Å²) in [5.74, 6) is 0.455. The number of rotatable bonds is 8. The van der Waals surface area contributed by atoms with Crippen LogP contribution in [0.3, 0.4) is 0 Å². The molecule has 1 atom stereocenters. The molecule has 0 fully saturated rings. The van der Waals surface area contributed by atoms with Crippen LogP contribution in [0.5, 0.6) is 0 Å². The summed E-state index contributed by atoms with van der Waals surface area (Å²) in [6, 6.07) is 0. The highest BCUT2D eigenvalue weighted by Crippen LogP contribution is 1.91. The quantitative estimate of drug-likeness (QED) is 0.560. The first-order valence-corrected chi connectivity index (χ1v) is 4.66. The van der Waals surface area contributed by atoms with Gasteiger partial charge in [0.05, 0.1) is 19.8 Å². The molecule has 0 rings (SSSR count). The second-order valence-corrected chi connectivity index (χ2v) is 3.03. The van der Waals surface area contributed by atoms with E-state index in [1.807, 2.05) is 0 Å². The van der Waals surface area contributed by atoms with Crippen LogP contribution in [0.25, 0.3) is 0 Å². The molecule has 1 unspecified atom stereocenters. The van der Waals surface area contributed by atoms with Gasteiger partial charge in [-0.15, -0.1) is 0 Å². The summed E-state index contributed by atoms with van der Waals surface area (Å²) in [6.45, 7) is 7.82. The average molecular weight is 175 g/mol. The van der Waals surface area contributed by atoms with Crippen molar-refractivity contribution in [1.82, 2.24) is 0 Å². The first-order chi connectivity index (χ1) is 5.81. The number of nitrogens with two attached hydrogens (primary N) is 1. The van der Waals surface area contributed by atoms with E-state index in [4.69, 9.17) is 15.2 Å². The highest BCUT2D eigenvalue weighted by molar-refractivity contribution is 4.49. The molecule has 0 amide bonds. The smallest absolute Gasteiger partial charge is 0.0700 e. The average Bonchev–Trinajstić information content (AvgIpc) is 2.10. The van der Waals surface area contributed by atoms with Crippen molar-refractivity contribution in [2.24, 2.45) is 11.7 Å². The summed E-state index contributed by atoms with van der Waals surface area (Å²) in [5, 5.41) is 0. The summed E-state index contributed by atoms with van der Waals surface area (Å²) in [7, 11) is 0. The van der Waals surface area contributed by atoms with E-state index in [9.17, 15) is 0 Å². The maximum atomic E-state index is 5.42. The number of hydrogen-bond donors (Lipinski definition) is 1. The molecule has 0 radical (unpaired) electrons. The van der Waals surface area contributed by atoms with E-state index in [1.54, 1.807) is 0 Å². The minimum Gasteiger partial charge on any atom is -0.379 e. The predicted molar refractivity (Wildman–Crippen MR) is 50.1 cm³/mol. The summed E-state index contributed by atoms with van der Waals surface area (Å²) >= 11 is 0. The van der Waals surface area contributed by atoms with Gasteiger partial charge in [-0.1, -0.05) is 13.8 Å². The van der Waals surface area contributed by atoms with Gasteiger partial charge in [0, 0.05) is 6.61 Å². The van der Waals surface area contributed by atoms with Gasteiger partial charge in [-0.3, -0.25) is 0 Å². The lowest BCUT2D eigenvalue weighted by atomic mass is 10.2. The van der Waals surface area contributed by atoms with E-state index in [0.29, 0.717) is 25.7 Å². The third-order valence-corrected chi connectivity index (χ3v) is 1.53. The number of ether oxygens (including phenoxy) is 2. The molecule has 2 N–H and O–H groups in total. The second kappa shape index (κ2) is 8.97. The van der Waals surface area contributed by atoms with Crippen LogP contribution in [0.1, 0.15) is 20.3 Å². The fraction of sp³-hybridized carbons (Fsp3) is 1.00. The SMILES string of the molecule is CCCOCCOCC(C)CN. The summed E-state index contributed by atoms with van der Waals surface area (Å²) in [6.07, 6.45) is 1.07. The van der Waals surface area contributed by atoms with Gasteiger partial charge in [-0.05, 0) is 18.9 Å². The van der Waals surface area contributed by atoms with Crippen molar-refractivity contribution in [2.75, 3.05) is 33.0 Å². The third kappa shape index (κ3) is 7.98. The Hall–Kier alpha value is -0.120. The first kappa shape index (κ1) is 11.9. The van der Waals surface area contributed by atoms with E-state index >= 15 is 0 Å². The lowest BCUT2D eigenvalue weighted by Crippen LogP contribution is -2.18. The monoisotopic (exact) mass is 175 g/mol. The van der Waals surface area contributed by atoms with E-state index in [-0.39, 0.29) is 0 Å². The van der Waals surface area contributed by atoms with Gasteiger partial charge >= 0.3 is 0 Å². The van der Waals surface area contributed by atoms with Crippen LogP contribution in [0.4, 0.5) is 0 Å². The Labute approximate surface area is 75.2 Å². The van der Waals surface area contributed by atoms with Gasteiger partial charge in [0.15, 0.2) is 0 Å². The fourth-order valence-electron chi connectivity index (χ4n) is 0.717. The maximum absolute atomic E-state index is 5.42. The number of hydrogen-bond acceptors (Lipinski definition) is 3. The maximum Gasteiger partial charge on any atom is 0.0700 e. The van der Waals surface area contributed by atoms with Gasteiger partial charge in [-0.2, -0.15) is 0 Å². The Balaban J connectivity index is 2.90. The zero-order chi connectivity index (χ0) is 9.23. The predicted octanol–water partition coefficient (Wildman–Crippen LogP) is 1.02. The summed E-state index contributed by atoms with van der Waals surface area (Å²) in [4.78, 5) is 0. The molecule has 0 heterocycles. The van der Waals surface area contributed by atoms with Gasteiger partial charge in [0.25, 0.3) is 0 Å². The van der Waals surface area contributed by atoms with Crippen molar-refractivity contribution in [3.8, 4) is 0 Å². The van der Waals surface area contributed by atoms with Crippen molar-refractivity contribution in [3.05, 3.63) is 0 Å². The summed E-state index contributed by atoms with van der Waals surface area (Å²) < 4.78 is 10.6. The second-order valence-electron chi connectivity index (χ2n) is 3.03. The van der Waals surface area contributed by atoms with Gasteiger partial charge in [-0.25, -0.2) is 0 Å². The standard InChI is InChI=1S/C9H21NO2/c1-3-4-11-5-6-12-8-9(2)7-10/h9H,3-8,10H2,1-2H3. The Bertz CT molecular complexity index is 88.6. The van der Waals surface area contributed by atoms with Crippen LogP contribution in [-0.4, -0.2) is 33.0 Å². The molecule has 0 aromatic rings. The largest absolute Gasteiger partial charge is 0.379 e. The Kier molecular flexibility index (Phi) is 8.88. The van der Waals surface area contributed by atoms with Crippen LogP contribution < -0.4 is 5.73 Å². The highest BCUT2D eigenvalue weighted by Gasteiger charge is 1.97. The van der Waals surface area contributed by atoms with E-state index < -0.39 is 0 Å². The zero-order valence-corrected chi connectivity index (χ0v) is 8.21. The lowest BCUT2D eigenvalue weighted by molar-refractivity contribution is 0.0369. The molecule has 12 heavy (non-hydrogen) atoms. The molecule has 0 saturated heterocycles. The fourth-order valence-corrected chi connectivity index (χ4v) is 0.717. The van der Waals surface area contributed by atoms with E-state index in [0.717, 1.165) is 19.6 Å². The van der Waals surface area contributed by atoms with E-state index in [2.05, 4.69) is 13.8 Å². The topological polar surface area (TPSA) is 44.5 Å². The van der Waals surface area contributed by atoms with Crippen LogP contribution in [-0.2, 0) is 9.47 Å². The molecule has 0 aliphatic rings. The molecule has 0 aliphatic heterocycles. The van der Waals surface area contributed by atoms with Crippen molar-refractivity contribution in [2.45, 2.75) is 20.3 Å². The van der Waals surface area contributed by atoms with Crippen LogP contribution in [0.15, 0.2) is 0 Å². The minimum absolute atomic E-state index is 0.455. The third-order valence-electron chi connectivity index (χ3n) is 1.53. The molecule has 0 bridgehead atoms.